The number of aromatic amines is 1. The number of nitrogens with zero attached hydrogens (tertiary/aromatic N) is 3. The Morgan fingerprint density at radius 1 is 0.875 bits per heavy atom. The predicted octanol–water partition coefficient (Wildman–Crippen LogP) is 7.31. The Balaban J connectivity index is 1.41. The van der Waals surface area contributed by atoms with Crippen LogP contribution in [0.1, 0.15) is 34.6 Å². The second-order valence-electron chi connectivity index (χ2n) is 9.67. The van der Waals surface area contributed by atoms with E-state index in [1.165, 1.54) is 6.92 Å². The van der Waals surface area contributed by atoms with E-state index in [0.29, 0.717) is 22.1 Å². The van der Waals surface area contributed by atoms with Gasteiger partial charge in [0.2, 0.25) is 0 Å². The van der Waals surface area contributed by atoms with E-state index in [1.54, 1.807) is 24.3 Å². The predicted molar refractivity (Wildman–Crippen MR) is 161 cm³/mol. The minimum atomic E-state index is -0.429. The number of anilines is 3. The number of amides is 1. The highest BCUT2D eigenvalue weighted by Gasteiger charge is 2.40. The van der Waals surface area contributed by atoms with Crippen LogP contribution in [0.3, 0.4) is 0 Å². The molecule has 2 N–H and O–H groups in total. The lowest BCUT2D eigenvalue weighted by atomic mass is 10.1. The van der Waals surface area contributed by atoms with Gasteiger partial charge in [-0.05, 0) is 61.5 Å². The maximum absolute atomic E-state index is 13.0. The van der Waals surface area contributed by atoms with Crippen molar-refractivity contribution in [3.63, 3.8) is 0 Å². The molecule has 1 atom stereocenters. The largest absolute Gasteiger partial charge is 0.361 e. The molecule has 198 valence electrons. The van der Waals surface area contributed by atoms with Gasteiger partial charge in [0.15, 0.2) is 17.8 Å². The smallest absolute Gasteiger partial charge is 0.257 e. The summed E-state index contributed by atoms with van der Waals surface area (Å²) >= 11 is 6.20. The lowest BCUT2D eigenvalue weighted by Gasteiger charge is -2.31. The fraction of sp³-hybridized carbons (Fsp3) is 0.0938. The Morgan fingerprint density at radius 2 is 1.55 bits per heavy atom. The Hall–Kier alpha value is -4.88. The van der Waals surface area contributed by atoms with Crippen molar-refractivity contribution in [3.8, 4) is 0 Å². The van der Waals surface area contributed by atoms with E-state index in [4.69, 9.17) is 16.7 Å². The normalized spacial score (nSPS) is 14.9. The summed E-state index contributed by atoms with van der Waals surface area (Å²) in [6.45, 7) is 3.56. The maximum Gasteiger partial charge on any atom is 0.257 e. The number of hydrogen-bond acceptors (Lipinski definition) is 5. The molecule has 0 saturated heterocycles. The summed E-state index contributed by atoms with van der Waals surface area (Å²) in [6, 6.07) is 30.4. The third-order valence-corrected chi connectivity index (χ3v) is 7.27. The van der Waals surface area contributed by atoms with Gasteiger partial charge in [0, 0.05) is 41.0 Å². The van der Waals surface area contributed by atoms with Gasteiger partial charge in [0.05, 0.1) is 16.3 Å². The number of amidine groups is 1. The van der Waals surface area contributed by atoms with Crippen molar-refractivity contribution < 1.29 is 9.59 Å². The highest BCUT2D eigenvalue weighted by Crippen LogP contribution is 2.41. The summed E-state index contributed by atoms with van der Waals surface area (Å²) in [5.74, 6) is -0.132. The summed E-state index contributed by atoms with van der Waals surface area (Å²) in [5, 5.41) is 11.0. The van der Waals surface area contributed by atoms with Crippen molar-refractivity contribution in [1.82, 2.24) is 4.98 Å². The van der Waals surface area contributed by atoms with Crippen LogP contribution >= 0.6 is 11.6 Å². The molecule has 0 unspecified atom stereocenters. The number of halogens is 1. The summed E-state index contributed by atoms with van der Waals surface area (Å²) in [6.07, 6.45) is 1.54. The minimum absolute atomic E-state index is 0.157. The topological polar surface area (TPSA) is 80.8 Å². The number of fused-ring (bicyclic) bond motifs is 1. The van der Waals surface area contributed by atoms with Crippen LogP contribution in [0.25, 0.3) is 10.9 Å². The van der Waals surface area contributed by atoms with Gasteiger partial charge in [-0.1, -0.05) is 59.6 Å². The van der Waals surface area contributed by atoms with Crippen molar-refractivity contribution in [2.24, 2.45) is 5.10 Å². The van der Waals surface area contributed by atoms with Crippen molar-refractivity contribution in [2.75, 3.05) is 15.2 Å². The zero-order valence-corrected chi connectivity index (χ0v) is 22.7. The van der Waals surface area contributed by atoms with Gasteiger partial charge in [0.25, 0.3) is 5.91 Å². The molecule has 0 saturated carbocycles. The number of nitrogens with one attached hydrogen (secondary N) is 2. The maximum atomic E-state index is 13.0. The highest BCUT2D eigenvalue weighted by atomic mass is 35.5. The number of hydrazone groups is 1. The van der Waals surface area contributed by atoms with Gasteiger partial charge in [-0.15, -0.1) is 5.10 Å². The molecule has 8 heteroatoms. The molecule has 0 fully saturated rings. The van der Waals surface area contributed by atoms with Crippen molar-refractivity contribution in [1.29, 1.82) is 0 Å². The molecule has 1 amide bonds. The quantitative estimate of drug-likeness (QED) is 0.233. The molecule has 5 aromatic rings. The Labute approximate surface area is 236 Å². The van der Waals surface area contributed by atoms with Crippen LogP contribution in [-0.4, -0.2) is 22.5 Å². The van der Waals surface area contributed by atoms with E-state index in [1.807, 2.05) is 89.8 Å². The van der Waals surface area contributed by atoms with Crippen LogP contribution in [0.4, 0.5) is 17.1 Å². The third-order valence-electron chi connectivity index (χ3n) is 6.94. The lowest BCUT2D eigenvalue weighted by molar-refractivity contribution is -0.111. The second kappa shape index (κ2) is 10.4. The number of carbonyl (C=O) groups excluding carboxylic acids is 2. The monoisotopic (exact) mass is 547 g/mol. The van der Waals surface area contributed by atoms with Gasteiger partial charge >= 0.3 is 0 Å². The lowest BCUT2D eigenvalue weighted by Crippen LogP contribution is -2.37. The van der Waals surface area contributed by atoms with Crippen LogP contribution < -0.4 is 15.2 Å². The number of hydrogen-bond donors (Lipinski definition) is 2. The summed E-state index contributed by atoms with van der Waals surface area (Å²) in [7, 11) is 0. The number of carbonyl (C=O) groups is 2. The number of ketones is 1. The first-order valence-electron chi connectivity index (χ1n) is 12.9. The number of aryl methyl sites for hydroxylation is 1. The average Bonchev–Trinajstić information content (AvgIpc) is 3.56. The molecule has 40 heavy (non-hydrogen) atoms. The zero-order chi connectivity index (χ0) is 27.8. The van der Waals surface area contributed by atoms with E-state index in [9.17, 15) is 9.59 Å². The van der Waals surface area contributed by atoms with E-state index in [0.717, 1.165) is 33.4 Å². The second-order valence-corrected chi connectivity index (χ2v) is 10.1. The van der Waals surface area contributed by atoms with E-state index >= 15 is 0 Å². The van der Waals surface area contributed by atoms with Crippen molar-refractivity contribution in [3.05, 3.63) is 125 Å². The summed E-state index contributed by atoms with van der Waals surface area (Å²) < 4.78 is 0. The van der Waals surface area contributed by atoms with Crippen LogP contribution in [-0.2, 0) is 4.79 Å². The van der Waals surface area contributed by atoms with Crippen LogP contribution in [0.15, 0.2) is 108 Å². The standard InChI is InChI=1S/C32H26ClN5O2/c1-20-11-15-24(16-12-20)38-32(27-19-34-29-10-6-4-7-25(27)29)37(30(36-38)21(2)39)23-17-13-22(14-18-23)35-31(40)26-8-3-5-9-28(26)33/h3-19,32,34H,1-2H3,(H,35,40)/t32-/m0/s1. The average molecular weight is 548 g/mol. The fourth-order valence-electron chi connectivity index (χ4n) is 4.96. The molecule has 0 radical (unpaired) electrons. The van der Waals surface area contributed by atoms with Crippen molar-refractivity contribution in [2.45, 2.75) is 20.0 Å². The van der Waals surface area contributed by atoms with E-state index < -0.39 is 6.17 Å². The van der Waals surface area contributed by atoms with E-state index in [-0.39, 0.29) is 11.7 Å². The van der Waals surface area contributed by atoms with Crippen LogP contribution in [0, 0.1) is 6.92 Å². The number of benzene rings is 4. The van der Waals surface area contributed by atoms with Gasteiger partial charge < -0.3 is 10.3 Å². The Bertz CT molecular complexity index is 1760. The molecule has 1 aromatic heterocycles. The third kappa shape index (κ3) is 4.61. The molecule has 0 bridgehead atoms. The molecule has 2 heterocycles. The number of Topliss-reactive ketones (excluding diaryl/α,β-unsaturated/α-hetero) is 1. The van der Waals surface area contributed by atoms with Crippen molar-refractivity contribution >= 4 is 57.1 Å². The first kappa shape index (κ1) is 25.4. The summed E-state index contributed by atoms with van der Waals surface area (Å²) in [4.78, 5) is 31.1. The number of para-hydroxylation sites is 1. The zero-order valence-electron chi connectivity index (χ0n) is 21.9. The van der Waals surface area contributed by atoms with Crippen LogP contribution in [0.2, 0.25) is 5.02 Å². The number of rotatable bonds is 6. The van der Waals surface area contributed by atoms with Gasteiger partial charge in [-0.2, -0.15) is 0 Å². The van der Waals surface area contributed by atoms with Gasteiger partial charge in [-0.25, -0.2) is 5.01 Å². The molecule has 1 aliphatic rings. The highest BCUT2D eigenvalue weighted by molar-refractivity contribution is 6.44. The van der Waals surface area contributed by atoms with Crippen LogP contribution in [0.5, 0.6) is 0 Å². The molecular weight excluding hydrogens is 522 g/mol. The summed E-state index contributed by atoms with van der Waals surface area (Å²) in [5.41, 5.74) is 5.73. The Morgan fingerprint density at radius 3 is 2.27 bits per heavy atom. The number of aromatic nitrogens is 1. The first-order valence-corrected chi connectivity index (χ1v) is 13.2. The Kier molecular flexibility index (Phi) is 6.58. The molecule has 7 nitrogen and oxygen atoms in total. The number of H-pyrrole nitrogens is 1. The molecule has 0 aliphatic carbocycles. The molecule has 1 aliphatic heterocycles. The molecule has 0 spiro atoms. The molecule has 6 rings (SSSR count). The van der Waals surface area contributed by atoms with E-state index in [2.05, 4.69) is 16.4 Å². The fourth-order valence-corrected chi connectivity index (χ4v) is 5.18. The van der Waals surface area contributed by atoms with Gasteiger partial charge in [0.1, 0.15) is 0 Å². The first-order chi connectivity index (χ1) is 19.4. The SMILES string of the molecule is CC(=O)C1=NN(c2ccc(C)cc2)[C@@H](c2c[nH]c3ccccc23)N1c1ccc(NC(=O)c2ccccc2Cl)cc1. The molecule has 4 aromatic carbocycles. The molecular formula is C32H26ClN5O2. The van der Waals surface area contributed by atoms with Gasteiger partial charge in [-0.3, -0.25) is 14.5 Å². The minimum Gasteiger partial charge on any atom is -0.361 e.